The van der Waals surface area contributed by atoms with Crippen LogP contribution in [0.4, 0.5) is 0 Å². The van der Waals surface area contributed by atoms with E-state index in [2.05, 4.69) is 88.4 Å². The standard InChI is InChI=1S/C23H27P2.C5H5.Fe/c1-5-24(23(2,3)4)21-17-12-18-22(21)25(19-13-8-6-9-14-19)20-15-10-7-11-16-20;1-2-4-5-3-1;/h6-18H,5H2,1-4H3;1-5H;/t24-;;/m1../s1. The molecule has 0 saturated carbocycles. The van der Waals surface area contributed by atoms with Crippen molar-refractivity contribution in [2.75, 3.05) is 6.16 Å². The van der Waals surface area contributed by atoms with Crippen molar-refractivity contribution in [2.45, 2.75) is 79.5 Å². The molecule has 1 spiro atoms. The summed E-state index contributed by atoms with van der Waals surface area (Å²) < 4.78 is 1.85. The Labute approximate surface area is 178 Å². The van der Waals surface area contributed by atoms with Gasteiger partial charge in [-0.25, -0.2) is 0 Å². The summed E-state index contributed by atoms with van der Waals surface area (Å²) in [6.07, 6.45) is 1.51. The van der Waals surface area contributed by atoms with E-state index >= 15 is 0 Å². The summed E-state index contributed by atoms with van der Waals surface area (Å²) in [4.78, 5) is 11.1. The molecule has 31 heavy (non-hydrogen) atoms. The van der Waals surface area contributed by atoms with Gasteiger partial charge in [0.15, 0.2) is 0 Å². The van der Waals surface area contributed by atoms with E-state index in [1.165, 1.54) is 44.7 Å². The van der Waals surface area contributed by atoms with Gasteiger partial charge in [0.25, 0.3) is 0 Å². The predicted octanol–water partition coefficient (Wildman–Crippen LogP) is 7.62. The fourth-order valence-corrected chi connectivity index (χ4v) is 128. The summed E-state index contributed by atoms with van der Waals surface area (Å²) in [5.74, 6) is 0. The Kier molecular flexibility index (Phi) is 1.04. The van der Waals surface area contributed by atoms with Crippen LogP contribution in [0.3, 0.4) is 0 Å². The van der Waals surface area contributed by atoms with Gasteiger partial charge in [0.2, 0.25) is 0 Å². The summed E-state index contributed by atoms with van der Waals surface area (Å²) in [5, 5.41) is 4.07. The molecule has 2 aromatic carbocycles. The second-order valence-electron chi connectivity index (χ2n) is 15.6. The van der Waals surface area contributed by atoms with Gasteiger partial charge >= 0.3 is 179 Å². The molecule has 0 radical (unpaired) electrons. The molecule has 10 fully saturated rings. The van der Waals surface area contributed by atoms with E-state index in [-0.39, 0.29) is 15.8 Å². The van der Waals surface area contributed by atoms with Crippen LogP contribution in [-0.2, 0) is 6.51 Å². The van der Waals surface area contributed by atoms with E-state index in [0.717, 1.165) is 8.11 Å². The van der Waals surface area contributed by atoms with Gasteiger partial charge in [-0.2, -0.15) is 0 Å². The van der Waals surface area contributed by atoms with Crippen LogP contribution in [0.5, 0.6) is 0 Å². The van der Waals surface area contributed by atoms with Crippen LogP contribution in [0.1, 0.15) is 27.7 Å². The molecule has 0 nitrogen and oxygen atoms in total. The normalized spacial score (nSPS) is 74.7. The minimum absolute atomic E-state index is 0.138. The van der Waals surface area contributed by atoms with Gasteiger partial charge in [0.1, 0.15) is 0 Å². The van der Waals surface area contributed by atoms with Gasteiger partial charge in [-0.3, -0.25) is 0 Å². The first-order chi connectivity index (χ1) is 14.7. The zero-order valence-electron chi connectivity index (χ0n) is 18.8. The van der Waals surface area contributed by atoms with Gasteiger partial charge in [0, 0.05) is 0 Å². The predicted molar refractivity (Wildman–Crippen MR) is 132 cm³/mol. The molecule has 0 amide bonds. The third-order valence-electron chi connectivity index (χ3n) is 18.6. The number of hydrogen-bond acceptors (Lipinski definition) is 0. The molecule has 0 N–H and O–H groups in total. The SMILES string of the molecule is CC[P@@](C(C)(C)C)[C@@]12[CH]3[CH]4[CH]5[C]1(P(c1ccccc1)c1ccccc1)[Fe]45321678[CH]2[CH]1[CH]6[CH]7[CH]28. The van der Waals surface area contributed by atoms with Crippen molar-refractivity contribution in [3.05, 3.63) is 60.7 Å². The molecular formula is C28H32FeP2. The zero-order valence-corrected chi connectivity index (χ0v) is 21.7. The Bertz CT molecular complexity index is 1600. The van der Waals surface area contributed by atoms with Crippen molar-refractivity contribution in [3.8, 4) is 0 Å². The number of benzene rings is 2. The first kappa shape index (κ1) is 15.7. The molecule has 10 saturated heterocycles. The Morgan fingerprint density at radius 2 is 1.16 bits per heavy atom. The monoisotopic (exact) mass is 486 g/mol. The van der Waals surface area contributed by atoms with Crippen LogP contribution in [0, 0.1) is 0 Å². The zero-order chi connectivity index (χ0) is 20.5. The maximum atomic E-state index is 2.66. The van der Waals surface area contributed by atoms with Crippen molar-refractivity contribution < 1.29 is 6.51 Å². The molecule has 4 unspecified atom stereocenters. The van der Waals surface area contributed by atoms with Crippen LogP contribution in [0.2, 0.25) is 38.5 Å². The van der Waals surface area contributed by atoms with Gasteiger partial charge in [-0.05, 0) is 0 Å². The van der Waals surface area contributed by atoms with E-state index in [4.69, 9.17) is 0 Å². The van der Waals surface area contributed by atoms with Crippen molar-refractivity contribution in [2.24, 2.45) is 0 Å². The first-order valence-corrected chi connectivity index (χ1v) is 21.7. The van der Waals surface area contributed by atoms with Gasteiger partial charge < -0.3 is 0 Å². The Morgan fingerprint density at radius 1 is 0.710 bits per heavy atom. The van der Waals surface area contributed by atoms with Crippen molar-refractivity contribution >= 4 is 26.5 Å². The van der Waals surface area contributed by atoms with Crippen LogP contribution in [0.15, 0.2) is 60.7 Å². The van der Waals surface area contributed by atoms with Crippen LogP contribution < -0.4 is 10.6 Å². The molecule has 2 aromatic rings. The Balaban J connectivity index is 1.27. The van der Waals surface area contributed by atoms with Crippen LogP contribution >= 0.6 is 15.8 Å². The van der Waals surface area contributed by atoms with Crippen molar-refractivity contribution in [3.63, 3.8) is 0 Å². The fraction of sp³-hybridized carbons (Fsp3) is 0.571. The second-order valence-corrected chi connectivity index (χ2v) is 45.6. The summed E-state index contributed by atoms with van der Waals surface area (Å²) in [5.41, 5.74) is 0. The van der Waals surface area contributed by atoms with E-state index in [1.807, 2.05) is 0 Å². The average Bonchev–Trinajstić information content (AvgIpc) is 3.71. The van der Waals surface area contributed by atoms with E-state index in [1.54, 1.807) is 10.6 Å². The Hall–Kier alpha value is -0.181. The molecular weight excluding hydrogens is 454 g/mol. The molecule has 12 rings (SSSR count). The Morgan fingerprint density at radius 3 is 1.52 bits per heavy atom. The van der Waals surface area contributed by atoms with Gasteiger partial charge in [-0.15, -0.1) is 0 Å². The third-order valence-corrected chi connectivity index (χ3v) is 76.4. The minimum atomic E-state index is -3.52. The summed E-state index contributed by atoms with van der Waals surface area (Å²) in [6, 6.07) is 24.2. The quantitative estimate of drug-likeness (QED) is 0.301. The number of fused-ring (bicyclic) bond motifs is 10. The van der Waals surface area contributed by atoms with Gasteiger partial charge in [-0.1, -0.05) is 0 Å². The topological polar surface area (TPSA) is 0 Å². The molecule has 10 heterocycles. The molecule has 10 aliphatic heterocycles. The number of rotatable bonds is 5. The van der Waals surface area contributed by atoms with E-state index < -0.39 is 6.51 Å². The molecule has 6 atom stereocenters. The molecule has 3 heteroatoms. The third kappa shape index (κ3) is 0.315. The van der Waals surface area contributed by atoms with Crippen LogP contribution in [0.25, 0.3) is 0 Å². The molecule has 0 aliphatic carbocycles. The molecule has 0 bridgehead atoms. The van der Waals surface area contributed by atoms with E-state index in [9.17, 15) is 0 Å². The summed E-state index contributed by atoms with van der Waals surface area (Å²) in [7, 11) is -0.0485. The fourth-order valence-electron chi connectivity index (χ4n) is 20.6. The summed E-state index contributed by atoms with van der Waals surface area (Å²) in [6.45, 7) is 7.08. The second kappa shape index (κ2) is 2.05. The van der Waals surface area contributed by atoms with E-state index in [0.29, 0.717) is 5.16 Å². The van der Waals surface area contributed by atoms with Gasteiger partial charge in [0.05, 0.1) is 0 Å². The maximum absolute atomic E-state index is 3.52. The molecule has 10 aliphatic rings. The molecule has 162 valence electrons. The van der Waals surface area contributed by atoms with Crippen molar-refractivity contribution in [1.82, 2.24) is 0 Å². The first-order valence-electron chi connectivity index (χ1n) is 12.6. The summed E-state index contributed by atoms with van der Waals surface area (Å²) >= 11 is 0. The average molecular weight is 486 g/mol. The van der Waals surface area contributed by atoms with Crippen molar-refractivity contribution in [1.29, 1.82) is 0 Å². The number of hydrogen-bond donors (Lipinski definition) is 0. The molecule has 0 aromatic heterocycles. The van der Waals surface area contributed by atoms with Crippen LogP contribution in [-0.4, -0.2) is 19.4 Å².